The van der Waals surface area contributed by atoms with Gasteiger partial charge in [-0.1, -0.05) is 97.4 Å². The molecule has 4 aliphatic heterocycles. The average Bonchev–Trinajstić information content (AvgIpc) is 1.60. The van der Waals surface area contributed by atoms with Gasteiger partial charge in [0.1, 0.15) is 30.9 Å². The van der Waals surface area contributed by atoms with Crippen molar-refractivity contribution in [3.05, 3.63) is 190 Å². The number of likely N-dealkylation sites (tertiary alicyclic amines) is 2. The molecule has 11 rings (SSSR count). The van der Waals surface area contributed by atoms with E-state index in [-0.39, 0.29) is 55.1 Å². The predicted molar refractivity (Wildman–Crippen MR) is 357 cm³/mol. The summed E-state index contributed by atoms with van der Waals surface area (Å²) >= 11 is 0. The van der Waals surface area contributed by atoms with Crippen molar-refractivity contribution in [1.29, 1.82) is 0 Å². The summed E-state index contributed by atoms with van der Waals surface area (Å²) < 4.78 is 116. The van der Waals surface area contributed by atoms with E-state index in [0.717, 1.165) is 112 Å². The number of hydrogen-bond acceptors (Lipinski definition) is 11. The maximum atomic E-state index is 14.3. The summed E-state index contributed by atoms with van der Waals surface area (Å²) in [7, 11) is 3.70. The molecule has 22 heteroatoms. The molecule has 3 saturated heterocycles. The minimum Gasteiger partial charge on any atom is -0.446 e. The van der Waals surface area contributed by atoms with E-state index in [4.69, 9.17) is 14.2 Å². The number of likely N-dealkylation sites (N-methyl/N-ethyl adjacent to an activating group) is 2. The summed E-state index contributed by atoms with van der Waals surface area (Å²) in [6, 6.07) is 38.9. The van der Waals surface area contributed by atoms with E-state index in [0.29, 0.717) is 81.8 Å². The van der Waals surface area contributed by atoms with Crippen molar-refractivity contribution in [3.8, 4) is 11.1 Å². The fraction of sp³-hybridized carbons (Fsp3) is 0.467. The summed E-state index contributed by atoms with van der Waals surface area (Å²) in [5.74, 6) is -1.51. The van der Waals surface area contributed by atoms with E-state index >= 15 is 0 Å². The highest BCUT2D eigenvalue weighted by Gasteiger charge is 2.50. The molecule has 4 amide bonds. The molecule has 6 aromatic rings. The van der Waals surface area contributed by atoms with Crippen molar-refractivity contribution in [2.24, 2.45) is 0 Å². The fourth-order valence-electron chi connectivity index (χ4n) is 14.6. The third-order valence-corrected chi connectivity index (χ3v) is 20.3. The molecule has 0 saturated carbocycles. The third kappa shape index (κ3) is 17.7. The molecule has 1 aliphatic carbocycles. The van der Waals surface area contributed by atoms with Crippen LogP contribution < -0.4 is 10.6 Å². The van der Waals surface area contributed by atoms with Gasteiger partial charge >= 0.3 is 18.4 Å². The summed E-state index contributed by atoms with van der Waals surface area (Å²) in [4.78, 5) is 65.1. The number of ether oxygens (including phenoxy) is 3. The van der Waals surface area contributed by atoms with E-state index in [1.54, 1.807) is 4.90 Å². The van der Waals surface area contributed by atoms with Gasteiger partial charge in [-0.3, -0.25) is 24.6 Å². The van der Waals surface area contributed by atoms with Gasteiger partial charge in [0.25, 0.3) is 5.91 Å². The monoisotopic (exact) mass is 1340 g/mol. The number of nitrogens with zero attached hydrogens (tertiary/aromatic N) is 6. The Morgan fingerprint density at radius 2 is 1.35 bits per heavy atom. The van der Waals surface area contributed by atoms with Gasteiger partial charge in [-0.15, -0.1) is 0 Å². The SMILES string of the molecule is CN(CCN1CCC(OC(=O)Nc2ccccc2-c2ccccc2)CC1)C(=O)CCCCCNc1ccc2c(c1)CCN(CCCN(C)C(=O)CO[C@H]1Cc3ccccc3C13CCN(CC[C@]1(c4ccc(F)cc4)CN(C(=O)c4cc(C(F)(F)F)cc(C(F)(F)F)c4)CO1)CC3)C2. The second-order valence-electron chi connectivity index (χ2n) is 26.7. The zero-order chi connectivity index (χ0) is 68.3. The third-order valence-electron chi connectivity index (χ3n) is 20.3. The second-order valence-corrected chi connectivity index (χ2v) is 26.7. The van der Waals surface area contributed by atoms with Gasteiger partial charge in [0.15, 0.2) is 0 Å². The number of fused-ring (bicyclic) bond motifs is 3. The minimum atomic E-state index is -5.14. The first-order valence-electron chi connectivity index (χ1n) is 33.9. The van der Waals surface area contributed by atoms with Crippen LogP contribution in [0.5, 0.6) is 0 Å². The van der Waals surface area contributed by atoms with Crippen LogP contribution in [0.2, 0.25) is 0 Å². The molecule has 2 N–H and O–H groups in total. The number of para-hydroxylation sites is 1. The number of halogens is 7. The second kappa shape index (κ2) is 31.3. The van der Waals surface area contributed by atoms with Crippen LogP contribution in [0.25, 0.3) is 11.1 Å². The smallest absolute Gasteiger partial charge is 0.416 e. The highest BCUT2D eigenvalue weighted by Crippen LogP contribution is 2.49. The molecule has 0 radical (unpaired) electrons. The number of unbranched alkanes of at least 4 members (excludes halogenated alkanes) is 2. The highest BCUT2D eigenvalue weighted by atomic mass is 19.4. The van der Waals surface area contributed by atoms with Gasteiger partial charge in [0.2, 0.25) is 11.8 Å². The molecule has 4 heterocycles. The van der Waals surface area contributed by atoms with Crippen molar-refractivity contribution < 1.29 is 64.1 Å². The number of hydrogen-bond donors (Lipinski definition) is 2. The van der Waals surface area contributed by atoms with Crippen LogP contribution in [-0.2, 0) is 66.6 Å². The Kier molecular flexibility index (Phi) is 22.7. The first-order chi connectivity index (χ1) is 46.6. The molecule has 97 heavy (non-hydrogen) atoms. The van der Waals surface area contributed by atoms with Crippen molar-refractivity contribution in [2.45, 2.75) is 119 Å². The largest absolute Gasteiger partial charge is 0.446 e. The number of anilines is 2. The van der Waals surface area contributed by atoms with Gasteiger partial charge in [0.05, 0.1) is 29.5 Å². The van der Waals surface area contributed by atoms with Crippen LogP contribution in [0.1, 0.15) is 114 Å². The Hall–Kier alpha value is -7.89. The Labute approximate surface area is 563 Å². The molecule has 518 valence electrons. The van der Waals surface area contributed by atoms with Crippen LogP contribution in [0, 0.1) is 5.82 Å². The zero-order valence-electron chi connectivity index (χ0n) is 55.2. The average molecular weight is 1350 g/mol. The summed E-state index contributed by atoms with van der Waals surface area (Å²) in [6.07, 6.45) is -2.27. The molecule has 0 bridgehead atoms. The highest BCUT2D eigenvalue weighted by molar-refractivity contribution is 5.95. The molecule has 15 nitrogen and oxygen atoms in total. The lowest BCUT2D eigenvalue weighted by molar-refractivity contribution is -0.143. The molecule has 0 aromatic heterocycles. The number of rotatable bonds is 25. The lowest BCUT2D eigenvalue weighted by Crippen LogP contribution is -2.50. The number of benzene rings is 6. The van der Waals surface area contributed by atoms with Crippen LogP contribution >= 0.6 is 0 Å². The molecule has 0 unspecified atom stereocenters. The van der Waals surface area contributed by atoms with E-state index < -0.39 is 59.2 Å². The van der Waals surface area contributed by atoms with Crippen LogP contribution in [0.4, 0.5) is 46.9 Å². The first-order valence-corrected chi connectivity index (χ1v) is 33.9. The molecule has 3 fully saturated rings. The van der Waals surface area contributed by atoms with Crippen molar-refractivity contribution in [1.82, 2.24) is 29.4 Å². The molecule has 2 atom stereocenters. The van der Waals surface area contributed by atoms with Gasteiger partial charge < -0.3 is 44.0 Å². The Balaban J connectivity index is 0.565. The lowest BCUT2D eigenvalue weighted by atomic mass is 9.72. The lowest BCUT2D eigenvalue weighted by Gasteiger charge is -2.44. The van der Waals surface area contributed by atoms with E-state index in [1.165, 1.54) is 46.5 Å². The van der Waals surface area contributed by atoms with Gasteiger partial charge in [-0.05, 0) is 159 Å². The van der Waals surface area contributed by atoms with Gasteiger partial charge in [-0.25, -0.2) is 9.18 Å². The number of carbonyl (C=O) groups is 4. The molecule has 6 aromatic carbocycles. The normalized spacial score (nSPS) is 19.1. The number of nitrogens with one attached hydrogen (secondary N) is 2. The summed E-state index contributed by atoms with van der Waals surface area (Å²) in [5.41, 5.74) is 3.74. The molecule has 1 spiro atoms. The number of carbonyl (C=O) groups excluding carboxylic acids is 4. The summed E-state index contributed by atoms with van der Waals surface area (Å²) in [6.45, 7) is 8.12. The maximum absolute atomic E-state index is 14.3. The topological polar surface area (TPSA) is 139 Å². The summed E-state index contributed by atoms with van der Waals surface area (Å²) in [5, 5.41) is 6.54. The van der Waals surface area contributed by atoms with Crippen LogP contribution in [0.15, 0.2) is 140 Å². The Morgan fingerprint density at radius 3 is 2.09 bits per heavy atom. The molecule has 5 aliphatic rings. The number of alkyl halides is 6. The van der Waals surface area contributed by atoms with E-state index in [1.807, 2.05) is 85.7 Å². The van der Waals surface area contributed by atoms with Crippen LogP contribution in [-0.4, -0.2) is 171 Å². The predicted octanol–water partition coefficient (Wildman–Crippen LogP) is 13.3. The van der Waals surface area contributed by atoms with Gasteiger partial charge in [0, 0.05) is 108 Å². The Morgan fingerprint density at radius 1 is 0.660 bits per heavy atom. The number of piperidine rings is 2. The van der Waals surface area contributed by atoms with Gasteiger partial charge in [-0.2, -0.15) is 26.3 Å². The van der Waals surface area contributed by atoms with Crippen molar-refractivity contribution >= 4 is 35.2 Å². The molecular formula is C75H87F7N8O7. The quantitative estimate of drug-likeness (QED) is 0.0418. The van der Waals surface area contributed by atoms with E-state index in [9.17, 15) is 49.9 Å². The zero-order valence-corrected chi connectivity index (χ0v) is 55.2. The first kappa shape index (κ1) is 70.4. The van der Waals surface area contributed by atoms with Crippen molar-refractivity contribution in [2.75, 3.05) is 117 Å². The number of amides is 4. The molecular weight excluding hydrogens is 1260 g/mol. The maximum Gasteiger partial charge on any atom is 0.416 e. The Bertz CT molecular complexity index is 3640. The van der Waals surface area contributed by atoms with Crippen LogP contribution in [0.3, 0.4) is 0 Å². The fourth-order valence-corrected chi connectivity index (χ4v) is 14.6. The minimum absolute atomic E-state index is 0.0181. The van der Waals surface area contributed by atoms with Crippen molar-refractivity contribution in [3.63, 3.8) is 0 Å². The van der Waals surface area contributed by atoms with E-state index in [2.05, 4.69) is 55.7 Å². The standard InChI is InChI=1S/C75H87F7N8O7/c1-85(34-13-35-89-36-27-54-46-62(26-21-56(54)49-89)83-33-12-4-7-20-68(91)86(2)42-43-87-37-28-63(29-38-87)97-71(94)84-66-19-11-9-17-64(66)53-14-5-3-6-15-53)69(92)50-95-67-47-55-16-8-10-18-65(55)72(67)30-39-88(40-31-72)41-32-73(58-22-24-61(76)25-23-58)51-90(52-96-73)70(93)57-44-59(74(77,78)79)48-60(45-57)75(80,81)82/h3,5-6,8-11,14-19,21-26,44-46,48,63,67,83H,4,7,12-13,20,27-43,47,49-52H2,1-2H3,(H,84,94)/t67-,73+/m0/s1.